The van der Waals surface area contributed by atoms with Gasteiger partial charge in [-0.2, -0.15) is 0 Å². The summed E-state index contributed by atoms with van der Waals surface area (Å²) < 4.78 is 34.5. The van der Waals surface area contributed by atoms with Crippen molar-refractivity contribution < 1.29 is 22.6 Å². The zero-order chi connectivity index (χ0) is 41.5. The number of rotatable bonds is 5. The molecule has 0 radical (unpaired) electrons. The molecule has 2 heterocycles. The lowest BCUT2D eigenvalue weighted by Gasteiger charge is -2.34. The van der Waals surface area contributed by atoms with Gasteiger partial charge in [0.15, 0.2) is 11.5 Å². The van der Waals surface area contributed by atoms with Gasteiger partial charge in [-0.15, -0.1) is 0 Å². The van der Waals surface area contributed by atoms with Gasteiger partial charge in [-0.1, -0.05) is 158 Å². The first-order valence-corrected chi connectivity index (χ1v) is 22.4. The SMILES string of the molecule is CC(C)(C)c1ccc2c(c1)OP(Oc1c(-c3cc(C(C)(C)C)cc(C(C)(C)C)c3OP3Oc4ccccc4-c4ccccc43)cc(C(C)(C)C)cc1C(C)(C)C)O2. The molecule has 5 aromatic rings. The first-order chi connectivity index (χ1) is 26.4. The van der Waals surface area contributed by atoms with Crippen LogP contribution in [0.5, 0.6) is 28.7 Å². The van der Waals surface area contributed by atoms with Crippen molar-refractivity contribution in [3.8, 4) is 51.0 Å². The minimum absolute atomic E-state index is 0.0363. The normalized spacial score (nSPS) is 16.8. The predicted molar refractivity (Wildman–Crippen MR) is 240 cm³/mol. The molecule has 2 unspecified atom stereocenters. The van der Waals surface area contributed by atoms with E-state index in [1.807, 2.05) is 18.2 Å². The summed E-state index contributed by atoms with van der Waals surface area (Å²) in [5, 5.41) is 1.05. The molecule has 0 N–H and O–H groups in total. The van der Waals surface area contributed by atoms with Crippen LogP contribution in [0.1, 0.15) is 132 Å². The maximum absolute atomic E-state index is 7.45. The van der Waals surface area contributed by atoms with Crippen molar-refractivity contribution in [3.63, 3.8) is 0 Å². The molecule has 2 aliphatic heterocycles. The van der Waals surface area contributed by atoms with Gasteiger partial charge in [0.2, 0.25) is 0 Å². The molecular weight excluding hydrogens is 742 g/mol. The van der Waals surface area contributed by atoms with Gasteiger partial charge in [0.1, 0.15) is 17.2 Å². The molecule has 0 aliphatic carbocycles. The second kappa shape index (κ2) is 14.4. The first-order valence-electron chi connectivity index (χ1n) is 20.1. The van der Waals surface area contributed by atoms with Gasteiger partial charge in [-0.05, 0) is 85.7 Å². The summed E-state index contributed by atoms with van der Waals surface area (Å²) in [6.45, 7) is 33.8. The van der Waals surface area contributed by atoms with Crippen LogP contribution < -0.4 is 27.9 Å². The number of para-hydroxylation sites is 1. The van der Waals surface area contributed by atoms with Gasteiger partial charge in [-0.25, -0.2) is 0 Å². The fourth-order valence-electron chi connectivity index (χ4n) is 7.17. The quantitative estimate of drug-likeness (QED) is 0.166. The molecule has 0 saturated heterocycles. The third kappa shape index (κ3) is 8.31. The van der Waals surface area contributed by atoms with Gasteiger partial charge in [0, 0.05) is 27.8 Å². The van der Waals surface area contributed by atoms with Crippen LogP contribution in [-0.4, -0.2) is 0 Å². The second-order valence-corrected chi connectivity index (χ2v) is 23.0. The Kier molecular flexibility index (Phi) is 10.4. The average Bonchev–Trinajstić information content (AvgIpc) is 3.51. The van der Waals surface area contributed by atoms with E-state index in [2.05, 4.69) is 177 Å². The second-order valence-electron chi connectivity index (χ2n) is 20.7. The van der Waals surface area contributed by atoms with E-state index >= 15 is 0 Å². The Morgan fingerprint density at radius 3 is 1.42 bits per heavy atom. The molecule has 2 aliphatic rings. The van der Waals surface area contributed by atoms with Crippen LogP contribution in [0.25, 0.3) is 22.3 Å². The summed E-state index contributed by atoms with van der Waals surface area (Å²) in [5.74, 6) is 3.77. The van der Waals surface area contributed by atoms with Crippen molar-refractivity contribution in [2.24, 2.45) is 0 Å². The monoisotopic (exact) mass is 802 g/mol. The van der Waals surface area contributed by atoms with Crippen molar-refractivity contribution in [2.75, 3.05) is 0 Å². The summed E-state index contributed by atoms with van der Waals surface area (Å²) in [6.07, 6.45) is 0. The third-order valence-electron chi connectivity index (χ3n) is 10.8. The fourth-order valence-corrected chi connectivity index (χ4v) is 9.77. The van der Waals surface area contributed by atoms with Crippen molar-refractivity contribution in [1.29, 1.82) is 0 Å². The molecule has 57 heavy (non-hydrogen) atoms. The molecular formula is C50H60O5P2. The van der Waals surface area contributed by atoms with Crippen LogP contribution in [0.3, 0.4) is 0 Å². The van der Waals surface area contributed by atoms with Crippen LogP contribution in [0, 0.1) is 0 Å². The maximum atomic E-state index is 7.45. The Hall–Kier alpha value is -4.04. The molecule has 5 nitrogen and oxygen atoms in total. The molecule has 7 heteroatoms. The molecule has 0 bridgehead atoms. The minimum atomic E-state index is -1.82. The molecule has 0 fully saturated rings. The number of fused-ring (bicyclic) bond motifs is 4. The summed E-state index contributed by atoms with van der Waals surface area (Å²) >= 11 is 0. The highest BCUT2D eigenvalue weighted by molar-refractivity contribution is 7.57. The van der Waals surface area contributed by atoms with Gasteiger partial charge in [-0.3, -0.25) is 0 Å². The summed E-state index contributed by atoms with van der Waals surface area (Å²) in [7, 11) is -3.39. The summed E-state index contributed by atoms with van der Waals surface area (Å²) in [6, 6.07) is 32.2. The molecule has 0 saturated carbocycles. The Labute approximate surface area is 344 Å². The van der Waals surface area contributed by atoms with Gasteiger partial charge >= 0.3 is 17.0 Å². The van der Waals surface area contributed by atoms with Gasteiger partial charge in [0.25, 0.3) is 0 Å². The Morgan fingerprint density at radius 1 is 0.386 bits per heavy atom. The van der Waals surface area contributed by atoms with Gasteiger partial charge < -0.3 is 22.6 Å². The molecule has 0 aromatic heterocycles. The van der Waals surface area contributed by atoms with Crippen molar-refractivity contribution in [2.45, 2.75) is 131 Å². The molecule has 2 atom stereocenters. The van der Waals surface area contributed by atoms with E-state index in [0.29, 0.717) is 11.5 Å². The lowest BCUT2D eigenvalue weighted by Crippen LogP contribution is -2.22. The number of hydrogen-bond acceptors (Lipinski definition) is 5. The predicted octanol–water partition coefficient (Wildman–Crippen LogP) is 15.0. The zero-order valence-corrected chi connectivity index (χ0v) is 38.4. The van der Waals surface area contributed by atoms with E-state index < -0.39 is 17.0 Å². The largest absolute Gasteiger partial charge is 0.530 e. The van der Waals surface area contributed by atoms with E-state index in [4.69, 9.17) is 22.6 Å². The highest BCUT2D eigenvalue weighted by Gasteiger charge is 2.38. The standard InChI is InChI=1S/C50H60O5P2/c1-46(2,3)31-24-25-41-42(30-31)53-57(52-41)55-45-37(27-33(48(7,8)9)29-39(45)50(13,14)15)36-26-32(47(4,5)6)28-38(49(10,11)12)44(36)54-56-43-23-19-17-21-35(43)34-20-16-18-22-40(34)51-56/h16-30H,1-15H3. The molecule has 0 amide bonds. The average molecular weight is 803 g/mol. The van der Waals surface area contributed by atoms with Crippen LogP contribution in [0.15, 0.2) is 91.0 Å². The van der Waals surface area contributed by atoms with Crippen LogP contribution >= 0.6 is 17.0 Å². The van der Waals surface area contributed by atoms with Crippen molar-refractivity contribution in [1.82, 2.24) is 0 Å². The van der Waals surface area contributed by atoms with Crippen LogP contribution in [0.2, 0.25) is 0 Å². The fraction of sp³-hybridized carbons (Fsp3) is 0.400. The van der Waals surface area contributed by atoms with Gasteiger partial charge in [0.05, 0.1) is 5.30 Å². The van der Waals surface area contributed by atoms with Crippen molar-refractivity contribution in [3.05, 3.63) is 119 Å². The highest BCUT2D eigenvalue weighted by Crippen LogP contribution is 2.59. The Morgan fingerprint density at radius 2 is 0.877 bits per heavy atom. The molecule has 5 aromatic carbocycles. The smallest absolute Gasteiger partial charge is 0.435 e. The van der Waals surface area contributed by atoms with E-state index in [0.717, 1.165) is 55.9 Å². The van der Waals surface area contributed by atoms with Crippen molar-refractivity contribution >= 4 is 22.3 Å². The molecule has 0 spiro atoms. The lowest BCUT2D eigenvalue weighted by molar-refractivity contribution is 0.424. The Balaban J connectivity index is 1.48. The summed E-state index contributed by atoms with van der Waals surface area (Å²) in [4.78, 5) is 0. The highest BCUT2D eigenvalue weighted by atomic mass is 31.2. The third-order valence-corrected chi connectivity index (χ3v) is 13.3. The van der Waals surface area contributed by atoms with Crippen LogP contribution in [-0.2, 0) is 27.1 Å². The number of benzene rings is 5. The lowest BCUT2D eigenvalue weighted by atomic mass is 9.75. The molecule has 7 rings (SSSR count). The maximum Gasteiger partial charge on any atom is 0.530 e. The number of hydrogen-bond donors (Lipinski definition) is 0. The Bertz CT molecular complexity index is 2330. The van der Waals surface area contributed by atoms with E-state index in [-0.39, 0.29) is 27.1 Å². The topological polar surface area (TPSA) is 46.2 Å². The van der Waals surface area contributed by atoms with E-state index in [1.165, 1.54) is 16.7 Å². The van der Waals surface area contributed by atoms with Crippen LogP contribution in [0.4, 0.5) is 0 Å². The van der Waals surface area contributed by atoms with E-state index in [9.17, 15) is 0 Å². The van der Waals surface area contributed by atoms with E-state index in [1.54, 1.807) is 0 Å². The molecule has 300 valence electrons. The minimum Gasteiger partial charge on any atom is -0.435 e. The zero-order valence-electron chi connectivity index (χ0n) is 36.6. The first kappa shape index (κ1) is 41.1. The summed E-state index contributed by atoms with van der Waals surface area (Å²) in [5.41, 5.74) is 8.98.